The molecule has 2 heterocycles. The molecule has 0 fully saturated rings. The van der Waals surface area contributed by atoms with E-state index in [2.05, 4.69) is 179 Å². The van der Waals surface area contributed by atoms with Crippen LogP contribution in [-0.4, -0.2) is 9.13 Å². The van der Waals surface area contributed by atoms with Gasteiger partial charge in [-0.1, -0.05) is 109 Å². The van der Waals surface area contributed by atoms with Crippen LogP contribution >= 0.6 is 0 Å². The highest BCUT2D eigenvalue weighted by atomic mass is 15.0. The highest BCUT2D eigenvalue weighted by molar-refractivity contribution is 6.26. The number of fused-ring (bicyclic) bond motifs is 12. The Bertz CT molecular complexity index is 3280. The largest absolute Gasteiger partial charge is 0.309 e. The Balaban J connectivity index is 1.15. The fourth-order valence-corrected chi connectivity index (χ4v) is 8.59. The lowest BCUT2D eigenvalue weighted by molar-refractivity contribution is 1.18. The average Bonchev–Trinajstić information content (AvgIpc) is 3.73. The van der Waals surface area contributed by atoms with Crippen LogP contribution in [-0.2, 0) is 0 Å². The second-order valence-corrected chi connectivity index (χ2v) is 13.7. The molecule has 0 bridgehead atoms. The quantitative estimate of drug-likeness (QED) is 0.174. The van der Waals surface area contributed by atoms with Gasteiger partial charge in [0.2, 0.25) is 0 Å². The van der Waals surface area contributed by atoms with Crippen LogP contribution in [0.25, 0.3) is 98.4 Å². The van der Waals surface area contributed by atoms with Crippen molar-refractivity contribution >= 4 is 75.9 Å². The number of hydrogen-bond acceptors (Lipinski definition) is 1. The van der Waals surface area contributed by atoms with Crippen molar-refractivity contribution < 1.29 is 0 Å². The first-order chi connectivity index (χ1) is 25.7. The van der Waals surface area contributed by atoms with Gasteiger partial charge in [0.05, 0.1) is 33.7 Å². The first-order valence-electron chi connectivity index (χ1n) is 17.7. The monoisotopic (exact) mass is 659 g/mol. The van der Waals surface area contributed by atoms with Crippen molar-refractivity contribution in [1.29, 1.82) is 5.26 Å². The SMILES string of the molecule is N#Cc1ccc2c3ccc(-n4c5ccccc5c5ccc(-c6ccc7c(c6)c6ccccc6n7-c6ccccc6)cc54)cc3c3ccccc3c2c1. The van der Waals surface area contributed by atoms with Gasteiger partial charge in [-0.15, -0.1) is 0 Å². The maximum Gasteiger partial charge on any atom is 0.0991 e. The molecule has 0 saturated heterocycles. The van der Waals surface area contributed by atoms with Crippen molar-refractivity contribution in [2.24, 2.45) is 0 Å². The second kappa shape index (κ2) is 10.9. The molecule has 3 heteroatoms. The van der Waals surface area contributed by atoms with E-state index in [1.165, 1.54) is 70.9 Å². The van der Waals surface area contributed by atoms with Crippen molar-refractivity contribution in [3.8, 4) is 28.6 Å². The predicted octanol–water partition coefficient (Wildman–Crippen LogP) is 12.9. The van der Waals surface area contributed by atoms with Crippen LogP contribution in [0.1, 0.15) is 5.56 Å². The molecule has 0 aliphatic rings. The highest BCUT2D eigenvalue weighted by Gasteiger charge is 2.17. The normalized spacial score (nSPS) is 11.8. The van der Waals surface area contributed by atoms with E-state index < -0.39 is 0 Å². The maximum absolute atomic E-state index is 9.67. The van der Waals surface area contributed by atoms with Crippen LogP contribution in [0.2, 0.25) is 0 Å². The Kier molecular flexibility index (Phi) is 6.02. The molecule has 3 nitrogen and oxygen atoms in total. The molecule has 2 aromatic heterocycles. The van der Waals surface area contributed by atoms with Gasteiger partial charge in [-0.05, 0) is 110 Å². The number of aromatic nitrogens is 2. The first-order valence-corrected chi connectivity index (χ1v) is 17.7. The molecule has 0 spiro atoms. The van der Waals surface area contributed by atoms with E-state index in [1.54, 1.807) is 0 Å². The van der Waals surface area contributed by atoms with Gasteiger partial charge in [0.15, 0.2) is 0 Å². The van der Waals surface area contributed by atoms with E-state index in [0.29, 0.717) is 5.56 Å². The van der Waals surface area contributed by atoms with Gasteiger partial charge in [-0.2, -0.15) is 5.26 Å². The Hall–Kier alpha value is -7.15. The van der Waals surface area contributed by atoms with Crippen LogP contribution in [0, 0.1) is 11.3 Å². The Morgan fingerprint density at radius 3 is 1.54 bits per heavy atom. The fraction of sp³-hybridized carbons (Fsp3) is 0. The summed E-state index contributed by atoms with van der Waals surface area (Å²) < 4.78 is 4.79. The lowest BCUT2D eigenvalue weighted by Gasteiger charge is -2.14. The van der Waals surface area contributed by atoms with Crippen molar-refractivity contribution in [1.82, 2.24) is 9.13 Å². The molecule has 9 aromatic carbocycles. The van der Waals surface area contributed by atoms with Crippen LogP contribution in [0.5, 0.6) is 0 Å². The zero-order valence-corrected chi connectivity index (χ0v) is 28.1. The summed E-state index contributed by atoms with van der Waals surface area (Å²) in [5, 5.41) is 21.6. The molecule has 0 amide bonds. The van der Waals surface area contributed by atoms with E-state index in [-0.39, 0.29) is 0 Å². The highest BCUT2D eigenvalue weighted by Crippen LogP contribution is 2.40. The van der Waals surface area contributed by atoms with Gasteiger partial charge in [-0.25, -0.2) is 0 Å². The van der Waals surface area contributed by atoms with Gasteiger partial charge in [-0.3, -0.25) is 0 Å². The smallest absolute Gasteiger partial charge is 0.0991 e. The Morgan fingerprint density at radius 1 is 0.308 bits per heavy atom. The second-order valence-electron chi connectivity index (χ2n) is 13.7. The van der Waals surface area contributed by atoms with Gasteiger partial charge in [0.1, 0.15) is 0 Å². The van der Waals surface area contributed by atoms with E-state index in [4.69, 9.17) is 0 Å². The van der Waals surface area contributed by atoms with Crippen LogP contribution in [0.4, 0.5) is 0 Å². The summed E-state index contributed by atoms with van der Waals surface area (Å²) in [6.07, 6.45) is 0. The molecule has 11 rings (SSSR count). The molecular weight excluding hydrogens is 631 g/mol. The molecule has 0 aliphatic carbocycles. The topological polar surface area (TPSA) is 33.6 Å². The summed E-state index contributed by atoms with van der Waals surface area (Å²) in [5.74, 6) is 0. The van der Waals surface area contributed by atoms with Crippen molar-refractivity contribution in [2.45, 2.75) is 0 Å². The third-order valence-corrected chi connectivity index (χ3v) is 10.9. The van der Waals surface area contributed by atoms with Gasteiger partial charge in [0.25, 0.3) is 0 Å². The van der Waals surface area contributed by atoms with Gasteiger partial charge < -0.3 is 9.13 Å². The minimum absolute atomic E-state index is 0.677. The summed E-state index contributed by atoms with van der Waals surface area (Å²) in [6, 6.07) is 65.7. The standard InChI is InChI=1S/C49H29N3/c50-30-31-18-22-38-39-24-21-35(29-44(39)37-13-5-4-12-36(37)43(38)26-31)52-46-16-8-6-14-40(46)42-23-19-33(28-49(42)52)32-20-25-48-45(27-32)41-15-7-9-17-47(41)51(48)34-10-2-1-3-11-34/h1-29H. The van der Waals surface area contributed by atoms with Gasteiger partial charge >= 0.3 is 0 Å². The van der Waals surface area contributed by atoms with Crippen molar-refractivity contribution in [2.75, 3.05) is 0 Å². The zero-order chi connectivity index (χ0) is 34.3. The fourth-order valence-electron chi connectivity index (χ4n) is 8.59. The molecule has 0 aliphatic heterocycles. The number of hydrogen-bond donors (Lipinski definition) is 0. The summed E-state index contributed by atoms with van der Waals surface area (Å²) in [4.78, 5) is 0. The Labute approximate surface area is 299 Å². The molecular formula is C49H29N3. The van der Waals surface area contributed by atoms with Crippen LogP contribution in [0.15, 0.2) is 176 Å². The molecule has 0 saturated carbocycles. The number of benzene rings is 9. The Morgan fingerprint density at radius 2 is 0.808 bits per heavy atom. The number of para-hydroxylation sites is 3. The van der Waals surface area contributed by atoms with Crippen molar-refractivity contribution in [3.05, 3.63) is 181 Å². The average molecular weight is 660 g/mol. The number of nitrogens with zero attached hydrogens (tertiary/aromatic N) is 3. The van der Waals surface area contributed by atoms with E-state index in [9.17, 15) is 5.26 Å². The molecule has 0 unspecified atom stereocenters. The molecule has 52 heavy (non-hydrogen) atoms. The van der Waals surface area contributed by atoms with Crippen LogP contribution in [0.3, 0.4) is 0 Å². The molecule has 0 N–H and O–H groups in total. The molecule has 240 valence electrons. The first kappa shape index (κ1) is 28.7. The molecule has 0 radical (unpaired) electrons. The van der Waals surface area contributed by atoms with Crippen LogP contribution < -0.4 is 0 Å². The predicted molar refractivity (Wildman–Crippen MR) is 218 cm³/mol. The van der Waals surface area contributed by atoms with E-state index >= 15 is 0 Å². The molecule has 0 atom stereocenters. The lowest BCUT2D eigenvalue weighted by Crippen LogP contribution is -1.95. The minimum atomic E-state index is 0.677. The van der Waals surface area contributed by atoms with Crippen molar-refractivity contribution in [3.63, 3.8) is 0 Å². The summed E-state index contributed by atoms with van der Waals surface area (Å²) in [6.45, 7) is 0. The summed E-state index contributed by atoms with van der Waals surface area (Å²) in [5.41, 5.74) is 10.1. The number of nitriles is 1. The maximum atomic E-state index is 9.67. The van der Waals surface area contributed by atoms with E-state index in [0.717, 1.165) is 27.5 Å². The number of rotatable bonds is 3. The third-order valence-electron chi connectivity index (χ3n) is 10.9. The minimum Gasteiger partial charge on any atom is -0.309 e. The van der Waals surface area contributed by atoms with Gasteiger partial charge in [0, 0.05) is 32.9 Å². The van der Waals surface area contributed by atoms with E-state index in [1.807, 2.05) is 12.1 Å². The zero-order valence-electron chi connectivity index (χ0n) is 28.1. The summed E-state index contributed by atoms with van der Waals surface area (Å²) in [7, 11) is 0. The summed E-state index contributed by atoms with van der Waals surface area (Å²) >= 11 is 0. The third kappa shape index (κ3) is 4.07. The lowest BCUT2D eigenvalue weighted by atomic mass is 9.93. The molecule has 11 aromatic rings.